The third-order valence-electron chi connectivity index (χ3n) is 2.53. The normalized spacial score (nSPS) is 13.8. The van der Waals surface area contributed by atoms with E-state index in [4.69, 9.17) is 4.74 Å². The number of carbonyl (C=O) groups excluding carboxylic acids is 1. The lowest BCUT2D eigenvalue weighted by Gasteiger charge is -2.19. The van der Waals surface area contributed by atoms with Crippen molar-refractivity contribution in [1.29, 1.82) is 0 Å². The van der Waals surface area contributed by atoms with Crippen molar-refractivity contribution in [3.8, 4) is 5.75 Å². The summed E-state index contributed by atoms with van der Waals surface area (Å²) >= 11 is 0. The highest BCUT2D eigenvalue weighted by molar-refractivity contribution is 5.72. The molecule has 18 heavy (non-hydrogen) atoms. The summed E-state index contributed by atoms with van der Waals surface area (Å²) in [5.74, 6) is 0.298. The summed E-state index contributed by atoms with van der Waals surface area (Å²) in [6.07, 6.45) is 1.15. The first kappa shape index (κ1) is 14.4. The van der Waals surface area contributed by atoms with Crippen LogP contribution in [-0.4, -0.2) is 40.9 Å². The number of hydrogen-bond donors (Lipinski definition) is 3. The Balaban J connectivity index is 2.62. The molecule has 6 nitrogen and oxygen atoms in total. The van der Waals surface area contributed by atoms with Gasteiger partial charge in [0, 0.05) is 31.4 Å². The van der Waals surface area contributed by atoms with E-state index in [2.05, 4.69) is 10.3 Å². The number of aromatic nitrogens is 1. The van der Waals surface area contributed by atoms with Crippen LogP contribution in [0.4, 0.5) is 0 Å². The van der Waals surface area contributed by atoms with Gasteiger partial charge in [-0.2, -0.15) is 0 Å². The monoisotopic (exact) mass is 254 g/mol. The molecule has 0 spiro atoms. The van der Waals surface area contributed by atoms with E-state index in [-0.39, 0.29) is 12.3 Å². The molecule has 2 unspecified atom stereocenters. The fourth-order valence-corrected chi connectivity index (χ4v) is 1.56. The molecule has 3 N–H and O–H groups in total. The number of ether oxygens (including phenoxy) is 1. The molecule has 1 aromatic rings. The van der Waals surface area contributed by atoms with E-state index in [1.165, 1.54) is 20.2 Å². The van der Waals surface area contributed by atoms with Crippen molar-refractivity contribution in [3.63, 3.8) is 0 Å². The third kappa shape index (κ3) is 3.97. The number of nitrogens with one attached hydrogen (secondary N) is 1. The Bertz CT molecular complexity index is 397. The number of aliphatic hydroxyl groups is 2. The number of aliphatic hydroxyl groups excluding tert-OH is 2. The SMILES string of the molecule is COc1ccncc1C(O)C(O)CCNC(C)=O. The van der Waals surface area contributed by atoms with Gasteiger partial charge in [0.2, 0.25) is 5.91 Å². The number of amides is 1. The van der Waals surface area contributed by atoms with Gasteiger partial charge in [-0.25, -0.2) is 0 Å². The van der Waals surface area contributed by atoms with E-state index in [9.17, 15) is 15.0 Å². The van der Waals surface area contributed by atoms with Crippen LogP contribution in [0, 0.1) is 0 Å². The van der Waals surface area contributed by atoms with Crippen molar-refractivity contribution in [1.82, 2.24) is 10.3 Å². The van der Waals surface area contributed by atoms with E-state index in [1.807, 2.05) is 0 Å². The zero-order valence-corrected chi connectivity index (χ0v) is 10.5. The van der Waals surface area contributed by atoms with Gasteiger partial charge >= 0.3 is 0 Å². The Hall–Kier alpha value is -1.66. The van der Waals surface area contributed by atoms with E-state index < -0.39 is 12.2 Å². The van der Waals surface area contributed by atoms with Crippen LogP contribution in [-0.2, 0) is 4.79 Å². The molecule has 0 saturated heterocycles. The standard InChI is InChI=1S/C12H18N2O4/c1-8(15)14-6-3-10(16)12(17)9-7-13-5-4-11(9)18-2/h4-5,7,10,12,16-17H,3,6H2,1-2H3,(H,14,15). The zero-order chi connectivity index (χ0) is 13.5. The lowest BCUT2D eigenvalue weighted by atomic mass is 10.0. The summed E-state index contributed by atoms with van der Waals surface area (Å²) in [5, 5.41) is 22.4. The van der Waals surface area contributed by atoms with Crippen LogP contribution in [0.1, 0.15) is 25.0 Å². The molecule has 0 aromatic carbocycles. The van der Waals surface area contributed by atoms with Crippen LogP contribution >= 0.6 is 0 Å². The van der Waals surface area contributed by atoms with Crippen molar-refractivity contribution in [2.75, 3.05) is 13.7 Å². The number of pyridine rings is 1. The second kappa shape index (κ2) is 6.93. The lowest BCUT2D eigenvalue weighted by Crippen LogP contribution is -2.27. The van der Waals surface area contributed by atoms with Gasteiger partial charge < -0.3 is 20.3 Å². The zero-order valence-electron chi connectivity index (χ0n) is 10.5. The Morgan fingerprint density at radius 3 is 2.89 bits per heavy atom. The minimum atomic E-state index is -1.09. The fourth-order valence-electron chi connectivity index (χ4n) is 1.56. The molecule has 0 aliphatic carbocycles. The van der Waals surface area contributed by atoms with Gasteiger partial charge in [-0.1, -0.05) is 0 Å². The molecular weight excluding hydrogens is 236 g/mol. The summed E-state index contributed by atoms with van der Waals surface area (Å²) in [7, 11) is 1.48. The lowest BCUT2D eigenvalue weighted by molar-refractivity contribution is -0.119. The molecule has 100 valence electrons. The van der Waals surface area contributed by atoms with E-state index in [0.29, 0.717) is 17.9 Å². The van der Waals surface area contributed by atoms with Crippen molar-refractivity contribution >= 4 is 5.91 Å². The Labute approximate surface area is 106 Å². The van der Waals surface area contributed by atoms with Crippen LogP contribution < -0.4 is 10.1 Å². The number of carbonyl (C=O) groups is 1. The first-order chi connectivity index (χ1) is 8.56. The summed E-state index contributed by atoms with van der Waals surface area (Å²) in [6.45, 7) is 1.70. The molecule has 0 aliphatic heterocycles. The molecule has 6 heteroatoms. The maximum absolute atomic E-state index is 10.7. The predicted octanol–water partition coefficient (Wildman–Crippen LogP) is 0.0107. The fraction of sp³-hybridized carbons (Fsp3) is 0.500. The number of hydrogen-bond acceptors (Lipinski definition) is 5. The third-order valence-corrected chi connectivity index (χ3v) is 2.53. The van der Waals surface area contributed by atoms with Crippen LogP contribution in [0.15, 0.2) is 18.5 Å². The Morgan fingerprint density at radius 1 is 1.56 bits per heavy atom. The molecular formula is C12H18N2O4. The molecule has 1 rings (SSSR count). The number of nitrogens with zero attached hydrogens (tertiary/aromatic N) is 1. The van der Waals surface area contributed by atoms with Crippen LogP contribution in [0.3, 0.4) is 0 Å². The highest BCUT2D eigenvalue weighted by Crippen LogP contribution is 2.26. The van der Waals surface area contributed by atoms with Crippen LogP contribution in [0.5, 0.6) is 5.75 Å². The number of rotatable bonds is 6. The molecule has 0 fully saturated rings. The largest absolute Gasteiger partial charge is 0.496 e. The molecule has 0 aliphatic rings. The quantitative estimate of drug-likeness (QED) is 0.665. The summed E-state index contributed by atoms with van der Waals surface area (Å²) in [5.41, 5.74) is 0.426. The number of methoxy groups -OCH3 is 1. The van der Waals surface area contributed by atoms with Gasteiger partial charge in [-0.05, 0) is 12.5 Å². The minimum absolute atomic E-state index is 0.171. The van der Waals surface area contributed by atoms with Gasteiger partial charge in [-0.3, -0.25) is 9.78 Å². The maximum atomic E-state index is 10.7. The molecule has 2 atom stereocenters. The molecule has 1 amide bonds. The average Bonchev–Trinajstić information content (AvgIpc) is 2.37. The molecule has 0 bridgehead atoms. The topological polar surface area (TPSA) is 91.7 Å². The van der Waals surface area contributed by atoms with Crippen molar-refractivity contribution in [2.45, 2.75) is 25.6 Å². The maximum Gasteiger partial charge on any atom is 0.216 e. The highest BCUT2D eigenvalue weighted by Gasteiger charge is 2.21. The van der Waals surface area contributed by atoms with Gasteiger partial charge in [-0.15, -0.1) is 0 Å². The van der Waals surface area contributed by atoms with Crippen LogP contribution in [0.2, 0.25) is 0 Å². The molecule has 0 saturated carbocycles. The first-order valence-corrected chi connectivity index (χ1v) is 5.64. The van der Waals surface area contributed by atoms with Crippen molar-refractivity contribution in [2.24, 2.45) is 0 Å². The summed E-state index contributed by atoms with van der Waals surface area (Å²) < 4.78 is 5.08. The highest BCUT2D eigenvalue weighted by atomic mass is 16.5. The Morgan fingerprint density at radius 2 is 2.28 bits per heavy atom. The Kier molecular flexibility index (Phi) is 5.54. The van der Waals surface area contributed by atoms with Crippen molar-refractivity contribution in [3.05, 3.63) is 24.0 Å². The molecule has 0 radical (unpaired) electrons. The minimum Gasteiger partial charge on any atom is -0.496 e. The molecule has 1 aromatic heterocycles. The van der Waals surface area contributed by atoms with Gasteiger partial charge in [0.1, 0.15) is 11.9 Å². The molecule has 1 heterocycles. The van der Waals surface area contributed by atoms with E-state index in [1.54, 1.807) is 12.3 Å². The second-order valence-electron chi connectivity index (χ2n) is 3.90. The summed E-state index contributed by atoms with van der Waals surface area (Å²) in [4.78, 5) is 14.6. The second-order valence-corrected chi connectivity index (χ2v) is 3.90. The van der Waals surface area contributed by atoms with Crippen LogP contribution in [0.25, 0.3) is 0 Å². The first-order valence-electron chi connectivity index (χ1n) is 5.64. The van der Waals surface area contributed by atoms with Gasteiger partial charge in [0.25, 0.3) is 0 Å². The van der Waals surface area contributed by atoms with E-state index >= 15 is 0 Å². The average molecular weight is 254 g/mol. The van der Waals surface area contributed by atoms with Crippen molar-refractivity contribution < 1.29 is 19.7 Å². The predicted molar refractivity (Wildman–Crippen MR) is 65.1 cm³/mol. The van der Waals surface area contributed by atoms with Gasteiger partial charge in [0.05, 0.1) is 13.2 Å². The smallest absolute Gasteiger partial charge is 0.216 e. The van der Waals surface area contributed by atoms with E-state index in [0.717, 1.165) is 0 Å². The summed E-state index contributed by atoms with van der Waals surface area (Å²) in [6, 6.07) is 1.61. The van der Waals surface area contributed by atoms with Gasteiger partial charge in [0.15, 0.2) is 0 Å².